The largest absolute Gasteiger partial charge is 0.494 e. The van der Waals surface area contributed by atoms with E-state index in [2.05, 4.69) is 21.8 Å². The Bertz CT molecular complexity index is 1350. The molecule has 0 aliphatic carbocycles. The maximum absolute atomic E-state index is 14.5. The molecular formula is C23H11F5N2O. The molecule has 0 unspecified atom stereocenters. The Kier molecular flexibility index (Phi) is 5.26. The highest BCUT2D eigenvalue weighted by Crippen LogP contribution is 2.25. The Morgan fingerprint density at radius 1 is 0.774 bits per heavy atom. The van der Waals surface area contributed by atoms with Crippen molar-refractivity contribution in [2.75, 3.05) is 7.11 Å². The van der Waals surface area contributed by atoms with Crippen LogP contribution < -0.4 is 4.74 Å². The van der Waals surface area contributed by atoms with Crippen LogP contribution in [0.15, 0.2) is 48.8 Å². The molecule has 0 N–H and O–H groups in total. The van der Waals surface area contributed by atoms with Gasteiger partial charge in [-0.1, -0.05) is 17.9 Å². The van der Waals surface area contributed by atoms with Crippen LogP contribution in [0.1, 0.15) is 11.1 Å². The van der Waals surface area contributed by atoms with Crippen molar-refractivity contribution in [2.45, 2.75) is 0 Å². The van der Waals surface area contributed by atoms with Crippen molar-refractivity contribution in [3.05, 3.63) is 89.0 Å². The molecule has 0 amide bonds. The lowest BCUT2D eigenvalue weighted by atomic mass is 10.1. The number of hydrogen-bond acceptors (Lipinski definition) is 3. The molecule has 1 heterocycles. The van der Waals surface area contributed by atoms with Gasteiger partial charge in [0.1, 0.15) is 11.6 Å². The molecule has 0 aliphatic heterocycles. The van der Waals surface area contributed by atoms with Gasteiger partial charge in [-0.2, -0.15) is 0 Å². The van der Waals surface area contributed by atoms with E-state index in [1.165, 1.54) is 37.7 Å². The lowest BCUT2D eigenvalue weighted by Crippen LogP contribution is -1.96. The maximum atomic E-state index is 14.5. The summed E-state index contributed by atoms with van der Waals surface area (Å²) in [6.45, 7) is 0. The van der Waals surface area contributed by atoms with Crippen LogP contribution >= 0.6 is 0 Å². The van der Waals surface area contributed by atoms with Crippen molar-refractivity contribution in [3.63, 3.8) is 0 Å². The second kappa shape index (κ2) is 8.03. The summed E-state index contributed by atoms with van der Waals surface area (Å²) in [6, 6.07) is 6.76. The van der Waals surface area contributed by atoms with Crippen molar-refractivity contribution in [2.24, 2.45) is 0 Å². The van der Waals surface area contributed by atoms with E-state index in [1.807, 2.05) is 0 Å². The summed E-state index contributed by atoms with van der Waals surface area (Å²) in [4.78, 5) is 7.96. The predicted molar refractivity (Wildman–Crippen MR) is 104 cm³/mol. The van der Waals surface area contributed by atoms with Crippen LogP contribution in [0.3, 0.4) is 0 Å². The minimum absolute atomic E-state index is 0.0659. The summed E-state index contributed by atoms with van der Waals surface area (Å²) < 4.78 is 74.5. The highest BCUT2D eigenvalue weighted by molar-refractivity contribution is 5.84. The summed E-state index contributed by atoms with van der Waals surface area (Å²) >= 11 is 0. The molecule has 0 bridgehead atoms. The molecule has 0 atom stereocenters. The topological polar surface area (TPSA) is 35.0 Å². The van der Waals surface area contributed by atoms with Gasteiger partial charge in [-0.25, -0.2) is 31.9 Å². The predicted octanol–water partition coefficient (Wildman–Crippen LogP) is 5.40. The molecule has 3 aromatic carbocycles. The number of benzene rings is 3. The smallest absolute Gasteiger partial charge is 0.195 e. The molecule has 4 rings (SSSR count). The van der Waals surface area contributed by atoms with Crippen molar-refractivity contribution in [3.8, 4) is 29.0 Å². The first-order chi connectivity index (χ1) is 14.9. The van der Waals surface area contributed by atoms with Gasteiger partial charge in [-0.05, 0) is 35.7 Å². The van der Waals surface area contributed by atoms with E-state index in [-0.39, 0.29) is 27.7 Å². The molecule has 31 heavy (non-hydrogen) atoms. The maximum Gasteiger partial charge on any atom is 0.195 e. The average molecular weight is 426 g/mol. The molecule has 154 valence electrons. The fourth-order valence-corrected chi connectivity index (χ4v) is 2.91. The molecular weight excluding hydrogens is 415 g/mol. The molecule has 4 aromatic rings. The first-order valence-corrected chi connectivity index (χ1v) is 8.82. The van der Waals surface area contributed by atoms with Crippen LogP contribution in [-0.4, -0.2) is 17.1 Å². The second-order valence-electron chi connectivity index (χ2n) is 6.43. The van der Waals surface area contributed by atoms with Crippen molar-refractivity contribution >= 4 is 10.8 Å². The van der Waals surface area contributed by atoms with E-state index < -0.39 is 34.6 Å². The number of hydrogen-bond donors (Lipinski definition) is 0. The van der Waals surface area contributed by atoms with Crippen LogP contribution in [0.5, 0.6) is 5.75 Å². The number of nitrogens with zero attached hydrogens (tertiary/aromatic N) is 2. The second-order valence-corrected chi connectivity index (χ2v) is 6.43. The van der Waals surface area contributed by atoms with Crippen LogP contribution in [-0.2, 0) is 0 Å². The van der Waals surface area contributed by atoms with Crippen molar-refractivity contribution in [1.29, 1.82) is 0 Å². The monoisotopic (exact) mass is 426 g/mol. The van der Waals surface area contributed by atoms with Gasteiger partial charge >= 0.3 is 0 Å². The van der Waals surface area contributed by atoms with Crippen LogP contribution in [0.2, 0.25) is 0 Å². The van der Waals surface area contributed by atoms with Gasteiger partial charge in [0.15, 0.2) is 29.0 Å². The minimum Gasteiger partial charge on any atom is -0.494 e. The van der Waals surface area contributed by atoms with E-state index in [0.29, 0.717) is 5.75 Å². The molecule has 0 saturated carbocycles. The summed E-state index contributed by atoms with van der Waals surface area (Å²) in [5, 5.41) is -0.0678. The number of methoxy groups -OCH3 is 1. The Morgan fingerprint density at radius 3 is 2.10 bits per heavy atom. The molecule has 0 fully saturated rings. The normalized spacial score (nSPS) is 10.6. The van der Waals surface area contributed by atoms with Gasteiger partial charge < -0.3 is 4.74 Å². The van der Waals surface area contributed by atoms with E-state index in [1.54, 1.807) is 0 Å². The Labute approximate surface area is 173 Å². The van der Waals surface area contributed by atoms with E-state index in [0.717, 1.165) is 18.2 Å². The molecule has 0 saturated heterocycles. The lowest BCUT2D eigenvalue weighted by Gasteiger charge is -2.05. The SMILES string of the molecule is COc1cnc(-c2cc(F)c(C#Cc3ccc4c(F)c(F)c(F)cc4c3)c(F)c2)nc1. The van der Waals surface area contributed by atoms with Gasteiger partial charge in [0, 0.05) is 16.5 Å². The Balaban J connectivity index is 1.69. The third-order valence-electron chi connectivity index (χ3n) is 4.47. The van der Waals surface area contributed by atoms with Crippen LogP contribution in [0, 0.1) is 40.9 Å². The van der Waals surface area contributed by atoms with Crippen LogP contribution in [0.25, 0.3) is 22.2 Å². The fraction of sp³-hybridized carbons (Fsp3) is 0.0435. The molecule has 0 spiro atoms. The zero-order valence-electron chi connectivity index (χ0n) is 15.8. The zero-order valence-corrected chi connectivity index (χ0v) is 15.8. The van der Waals surface area contributed by atoms with Crippen molar-refractivity contribution in [1.82, 2.24) is 9.97 Å². The summed E-state index contributed by atoms with van der Waals surface area (Å²) in [7, 11) is 1.44. The first-order valence-electron chi connectivity index (χ1n) is 8.82. The number of ether oxygens (including phenoxy) is 1. The van der Waals surface area contributed by atoms with Gasteiger partial charge in [0.05, 0.1) is 25.1 Å². The van der Waals surface area contributed by atoms with E-state index >= 15 is 0 Å². The highest BCUT2D eigenvalue weighted by atomic mass is 19.2. The highest BCUT2D eigenvalue weighted by Gasteiger charge is 2.14. The molecule has 3 nitrogen and oxygen atoms in total. The van der Waals surface area contributed by atoms with E-state index in [9.17, 15) is 22.0 Å². The zero-order chi connectivity index (χ0) is 22.1. The van der Waals surface area contributed by atoms with Gasteiger partial charge in [-0.15, -0.1) is 0 Å². The first kappa shape index (κ1) is 20.3. The molecule has 0 radical (unpaired) electrons. The minimum atomic E-state index is -1.57. The third-order valence-corrected chi connectivity index (χ3v) is 4.47. The quantitative estimate of drug-likeness (QED) is 0.245. The van der Waals surface area contributed by atoms with Gasteiger partial charge in [0.2, 0.25) is 0 Å². The Hall–Kier alpha value is -3.99. The van der Waals surface area contributed by atoms with Gasteiger partial charge in [-0.3, -0.25) is 0 Å². The molecule has 8 heteroatoms. The van der Waals surface area contributed by atoms with Gasteiger partial charge in [0.25, 0.3) is 0 Å². The van der Waals surface area contributed by atoms with Crippen LogP contribution in [0.4, 0.5) is 22.0 Å². The summed E-state index contributed by atoms with van der Waals surface area (Å²) in [5.41, 5.74) is -0.144. The van der Waals surface area contributed by atoms with E-state index in [4.69, 9.17) is 4.74 Å². The summed E-state index contributed by atoms with van der Waals surface area (Å²) in [6.07, 6.45) is 2.73. The number of rotatable bonds is 2. The third kappa shape index (κ3) is 3.90. The Morgan fingerprint density at radius 2 is 1.45 bits per heavy atom. The lowest BCUT2D eigenvalue weighted by molar-refractivity contribution is 0.411. The number of fused-ring (bicyclic) bond motifs is 1. The standard InChI is InChI=1S/C23H11F5N2O/c1-31-15-10-29-23(30-11-15)14-8-18(24)17(19(25)9-14)5-3-12-2-4-16-13(6-12)7-20(26)22(28)21(16)27/h2,4,6-11H,1H3. The summed E-state index contributed by atoms with van der Waals surface area (Å²) in [5.74, 6) is -0.673. The fourth-order valence-electron chi connectivity index (χ4n) is 2.91. The molecule has 0 aliphatic rings. The molecule has 1 aromatic heterocycles. The average Bonchev–Trinajstić information content (AvgIpc) is 2.77. The van der Waals surface area contributed by atoms with Crippen molar-refractivity contribution < 1.29 is 26.7 Å². The number of halogens is 5. The number of aromatic nitrogens is 2.